The lowest BCUT2D eigenvalue weighted by Gasteiger charge is -2.26. The molecule has 0 unspecified atom stereocenters. The number of allylic oxidation sites excluding steroid dienone is 1. The van der Waals surface area contributed by atoms with Crippen LogP contribution in [0.5, 0.6) is 5.75 Å². The smallest absolute Gasteiger partial charge is 0.180 e. The fraction of sp³-hybridized carbons (Fsp3) is 0.412. The summed E-state index contributed by atoms with van der Waals surface area (Å²) in [7, 11) is 3.29. The monoisotopic (exact) mass is 527 g/mol. The molecule has 1 heterocycles. The Hall–Kier alpha value is -3.12. The molecule has 0 aromatic heterocycles. The van der Waals surface area contributed by atoms with Gasteiger partial charge in [-0.05, 0) is 83.3 Å². The second-order valence-electron chi connectivity index (χ2n) is 10.4. The fourth-order valence-electron chi connectivity index (χ4n) is 5.63. The van der Waals surface area contributed by atoms with Crippen molar-refractivity contribution in [3.05, 3.63) is 95.1 Å². The van der Waals surface area contributed by atoms with E-state index < -0.39 is 0 Å². The lowest BCUT2D eigenvalue weighted by Crippen LogP contribution is -2.27. The van der Waals surface area contributed by atoms with Gasteiger partial charge in [0, 0.05) is 33.0 Å². The number of nitrogens with zero attached hydrogens (tertiary/aromatic N) is 1. The van der Waals surface area contributed by atoms with Crippen LogP contribution in [0.25, 0.3) is 11.1 Å². The normalized spacial score (nSPS) is 17.1. The standard InChI is InChI=1S/C34H41NO4/c1-4-5-21-38-29-16-18-32-27(22-29)13-17-31(25-9-7-6-8-10-25)34(32)26-11-14-28(15-12-26)35-20-19-30(23-35)39-24-33(36-2)37-3/h6-12,14-16,18,22,30,33H,4-5,13,17,19-21,23-24H2,1-3H3/t30-/m0/s1. The summed E-state index contributed by atoms with van der Waals surface area (Å²) in [5.74, 6) is 0.980. The van der Waals surface area contributed by atoms with E-state index in [1.165, 1.54) is 39.1 Å². The molecule has 0 bridgehead atoms. The first-order valence-electron chi connectivity index (χ1n) is 14.3. The van der Waals surface area contributed by atoms with Crippen LogP contribution in [0.1, 0.15) is 54.9 Å². The highest BCUT2D eigenvalue weighted by molar-refractivity contribution is 6.01. The Balaban J connectivity index is 1.38. The number of ether oxygens (including phenoxy) is 4. The molecule has 5 rings (SSSR count). The predicted molar refractivity (Wildman–Crippen MR) is 158 cm³/mol. The van der Waals surface area contributed by atoms with Gasteiger partial charge in [0.25, 0.3) is 0 Å². The minimum atomic E-state index is -0.317. The molecule has 1 aliphatic heterocycles. The highest BCUT2D eigenvalue weighted by atomic mass is 16.7. The number of hydrogen-bond donors (Lipinski definition) is 0. The van der Waals surface area contributed by atoms with Crippen molar-refractivity contribution in [1.29, 1.82) is 0 Å². The Morgan fingerprint density at radius 3 is 2.44 bits per heavy atom. The Morgan fingerprint density at radius 1 is 0.897 bits per heavy atom. The van der Waals surface area contributed by atoms with E-state index in [1.807, 2.05) is 0 Å². The van der Waals surface area contributed by atoms with E-state index in [-0.39, 0.29) is 12.4 Å². The first kappa shape index (κ1) is 27.4. The van der Waals surface area contributed by atoms with Crippen LogP contribution in [0.3, 0.4) is 0 Å². The molecule has 0 saturated carbocycles. The summed E-state index contributed by atoms with van der Waals surface area (Å²) < 4.78 is 22.6. The lowest BCUT2D eigenvalue weighted by molar-refractivity contribution is -0.149. The highest BCUT2D eigenvalue weighted by Crippen LogP contribution is 2.42. The minimum absolute atomic E-state index is 0.184. The topological polar surface area (TPSA) is 40.2 Å². The Kier molecular flexibility index (Phi) is 9.36. The third-order valence-electron chi connectivity index (χ3n) is 7.84. The van der Waals surface area contributed by atoms with Crippen molar-refractivity contribution in [2.24, 2.45) is 0 Å². The maximum atomic E-state index is 6.05. The van der Waals surface area contributed by atoms with Crippen molar-refractivity contribution in [3.8, 4) is 5.75 Å². The first-order chi connectivity index (χ1) is 19.2. The van der Waals surface area contributed by atoms with E-state index in [9.17, 15) is 0 Å². The van der Waals surface area contributed by atoms with Gasteiger partial charge in [-0.25, -0.2) is 0 Å². The summed E-state index contributed by atoms with van der Waals surface area (Å²) in [6.07, 6.45) is 5.13. The second kappa shape index (κ2) is 13.3. The van der Waals surface area contributed by atoms with Gasteiger partial charge in [-0.2, -0.15) is 0 Å². The molecule has 3 aromatic rings. The molecule has 1 atom stereocenters. The zero-order valence-electron chi connectivity index (χ0n) is 23.5. The molecular formula is C34H41NO4. The Bertz CT molecular complexity index is 1230. The molecule has 3 aromatic carbocycles. The Labute approximate surface area is 233 Å². The quantitative estimate of drug-likeness (QED) is 0.188. The van der Waals surface area contributed by atoms with E-state index in [1.54, 1.807) is 14.2 Å². The predicted octanol–water partition coefficient (Wildman–Crippen LogP) is 6.99. The molecule has 5 nitrogen and oxygen atoms in total. The van der Waals surface area contributed by atoms with E-state index in [0.717, 1.165) is 57.6 Å². The Morgan fingerprint density at radius 2 is 1.69 bits per heavy atom. The van der Waals surface area contributed by atoms with Crippen molar-refractivity contribution in [2.45, 2.75) is 51.4 Å². The largest absolute Gasteiger partial charge is 0.494 e. The van der Waals surface area contributed by atoms with Gasteiger partial charge in [0.2, 0.25) is 0 Å². The van der Waals surface area contributed by atoms with Gasteiger partial charge in [0.15, 0.2) is 6.29 Å². The van der Waals surface area contributed by atoms with Gasteiger partial charge in [0.05, 0.1) is 19.3 Å². The van der Waals surface area contributed by atoms with Crippen LogP contribution >= 0.6 is 0 Å². The maximum Gasteiger partial charge on any atom is 0.180 e. The van der Waals surface area contributed by atoms with Crippen molar-refractivity contribution >= 4 is 16.8 Å². The summed E-state index contributed by atoms with van der Waals surface area (Å²) in [4.78, 5) is 2.41. The third kappa shape index (κ3) is 6.55. The highest BCUT2D eigenvalue weighted by Gasteiger charge is 2.26. The van der Waals surface area contributed by atoms with E-state index in [0.29, 0.717) is 6.61 Å². The summed E-state index contributed by atoms with van der Waals surface area (Å²) in [6.45, 7) is 5.28. The fourth-order valence-corrected chi connectivity index (χ4v) is 5.63. The zero-order valence-corrected chi connectivity index (χ0v) is 23.5. The number of anilines is 1. The van der Waals surface area contributed by atoms with Crippen LogP contribution < -0.4 is 9.64 Å². The van der Waals surface area contributed by atoms with Crippen LogP contribution in [0, 0.1) is 0 Å². The molecule has 0 spiro atoms. The molecule has 0 radical (unpaired) electrons. The van der Waals surface area contributed by atoms with Crippen LogP contribution in [0.4, 0.5) is 5.69 Å². The van der Waals surface area contributed by atoms with Gasteiger partial charge in [0.1, 0.15) is 5.75 Å². The van der Waals surface area contributed by atoms with Crippen molar-refractivity contribution in [1.82, 2.24) is 0 Å². The number of fused-ring (bicyclic) bond motifs is 1. The molecular weight excluding hydrogens is 486 g/mol. The van der Waals surface area contributed by atoms with E-state index in [2.05, 4.69) is 84.6 Å². The number of methoxy groups -OCH3 is 2. The summed E-state index contributed by atoms with van der Waals surface area (Å²) in [5, 5.41) is 0. The average molecular weight is 528 g/mol. The van der Waals surface area contributed by atoms with Crippen molar-refractivity contribution in [3.63, 3.8) is 0 Å². The number of aryl methyl sites for hydroxylation is 1. The van der Waals surface area contributed by atoms with Crippen LogP contribution in [0.2, 0.25) is 0 Å². The zero-order chi connectivity index (χ0) is 27.0. The summed E-state index contributed by atoms with van der Waals surface area (Å²) in [6, 6.07) is 26.6. The van der Waals surface area contributed by atoms with Crippen LogP contribution in [-0.4, -0.2) is 52.9 Å². The second-order valence-corrected chi connectivity index (χ2v) is 10.4. The maximum absolute atomic E-state index is 6.05. The van der Waals surface area contributed by atoms with E-state index in [4.69, 9.17) is 18.9 Å². The van der Waals surface area contributed by atoms with Gasteiger partial charge in [-0.3, -0.25) is 0 Å². The lowest BCUT2D eigenvalue weighted by atomic mass is 9.79. The third-order valence-corrected chi connectivity index (χ3v) is 7.84. The molecule has 206 valence electrons. The van der Waals surface area contributed by atoms with Crippen LogP contribution in [-0.2, 0) is 20.6 Å². The van der Waals surface area contributed by atoms with Crippen LogP contribution in [0.15, 0.2) is 72.8 Å². The molecule has 1 aliphatic carbocycles. The van der Waals surface area contributed by atoms with Gasteiger partial charge >= 0.3 is 0 Å². The molecule has 1 fully saturated rings. The molecule has 1 saturated heterocycles. The van der Waals surface area contributed by atoms with Gasteiger partial charge in [-0.1, -0.05) is 61.9 Å². The number of benzene rings is 3. The number of hydrogen-bond acceptors (Lipinski definition) is 5. The van der Waals surface area contributed by atoms with Gasteiger partial charge in [-0.15, -0.1) is 0 Å². The molecule has 39 heavy (non-hydrogen) atoms. The van der Waals surface area contributed by atoms with Crippen molar-refractivity contribution in [2.75, 3.05) is 45.4 Å². The molecule has 0 amide bonds. The number of rotatable bonds is 12. The SMILES string of the molecule is CCCCOc1ccc2c(c1)CCC(c1ccccc1)=C2c1ccc(N2CC[C@H](OCC(OC)OC)C2)cc1. The molecule has 2 aliphatic rings. The minimum Gasteiger partial charge on any atom is -0.494 e. The van der Waals surface area contributed by atoms with Crippen molar-refractivity contribution < 1.29 is 18.9 Å². The number of unbranched alkanes of at least 4 members (excludes halogenated alkanes) is 1. The van der Waals surface area contributed by atoms with Gasteiger partial charge < -0.3 is 23.8 Å². The summed E-state index contributed by atoms with van der Waals surface area (Å²) in [5.41, 5.74) is 9.22. The first-order valence-corrected chi connectivity index (χ1v) is 14.3. The van der Waals surface area contributed by atoms with E-state index >= 15 is 0 Å². The molecule has 5 heteroatoms. The summed E-state index contributed by atoms with van der Waals surface area (Å²) >= 11 is 0. The molecule has 0 N–H and O–H groups in total. The average Bonchev–Trinajstić information content (AvgIpc) is 3.47.